The van der Waals surface area contributed by atoms with Crippen LogP contribution in [-0.4, -0.2) is 28.4 Å². The number of nitrogens with one attached hydrogen (secondary N) is 2. The first-order valence-electron chi connectivity index (χ1n) is 6.89. The van der Waals surface area contributed by atoms with E-state index in [1.807, 2.05) is 38.1 Å². The monoisotopic (exact) mass is 278 g/mol. The van der Waals surface area contributed by atoms with Gasteiger partial charge in [-0.2, -0.15) is 0 Å². The largest absolute Gasteiger partial charge is 0.465 e. The number of hydrogen-bond acceptors (Lipinski definition) is 3. The fourth-order valence-corrected chi connectivity index (χ4v) is 2.29. The van der Waals surface area contributed by atoms with Gasteiger partial charge in [-0.3, -0.25) is 0 Å². The van der Waals surface area contributed by atoms with Gasteiger partial charge in [-0.1, -0.05) is 18.2 Å². The number of benzene rings is 1. The third-order valence-corrected chi connectivity index (χ3v) is 3.66. The second-order valence-electron chi connectivity index (χ2n) is 6.07. The highest BCUT2D eigenvalue weighted by Gasteiger charge is 2.43. The van der Waals surface area contributed by atoms with Gasteiger partial charge < -0.3 is 20.8 Å². The Hall–Kier alpha value is -1.75. The van der Waals surface area contributed by atoms with E-state index in [2.05, 4.69) is 10.6 Å². The molecule has 20 heavy (non-hydrogen) atoms. The molecule has 0 spiro atoms. The average molecular weight is 278 g/mol. The number of amides is 1. The van der Waals surface area contributed by atoms with E-state index in [1.54, 1.807) is 0 Å². The zero-order chi connectivity index (χ0) is 14.8. The first-order chi connectivity index (χ1) is 9.32. The van der Waals surface area contributed by atoms with Crippen molar-refractivity contribution < 1.29 is 15.0 Å². The van der Waals surface area contributed by atoms with Gasteiger partial charge in [-0.15, -0.1) is 0 Å². The Morgan fingerprint density at radius 3 is 2.60 bits per heavy atom. The maximum atomic E-state index is 10.7. The summed E-state index contributed by atoms with van der Waals surface area (Å²) in [6.07, 6.45) is 1.25. The minimum absolute atomic E-state index is 0.482. The molecule has 110 valence electrons. The van der Waals surface area contributed by atoms with Gasteiger partial charge in [0, 0.05) is 23.3 Å². The zero-order valence-corrected chi connectivity index (χ0v) is 11.9. The maximum absolute atomic E-state index is 10.7. The molecule has 0 unspecified atom stereocenters. The molecular formula is C15H22N2O3. The lowest BCUT2D eigenvalue weighted by Gasteiger charge is -2.25. The molecule has 2 rings (SSSR count). The smallest absolute Gasteiger partial charge is 0.405 e. The summed E-state index contributed by atoms with van der Waals surface area (Å²) in [6, 6.07) is 7.74. The van der Waals surface area contributed by atoms with Crippen LogP contribution < -0.4 is 10.6 Å². The Balaban J connectivity index is 1.93. The summed E-state index contributed by atoms with van der Waals surface area (Å²) in [7, 11) is 0. The van der Waals surface area contributed by atoms with Crippen molar-refractivity contribution in [1.82, 2.24) is 5.32 Å². The Kier molecular flexibility index (Phi) is 3.90. The molecule has 1 fully saturated rings. The topological polar surface area (TPSA) is 81.6 Å². The molecule has 5 heteroatoms. The second-order valence-corrected chi connectivity index (χ2v) is 6.07. The summed E-state index contributed by atoms with van der Waals surface area (Å²) in [5, 5.41) is 24.8. The third kappa shape index (κ3) is 3.63. The highest BCUT2D eigenvalue weighted by atomic mass is 16.4. The highest BCUT2D eigenvalue weighted by molar-refractivity contribution is 5.65. The van der Waals surface area contributed by atoms with Crippen molar-refractivity contribution in [2.75, 3.05) is 11.9 Å². The number of anilines is 1. The van der Waals surface area contributed by atoms with Gasteiger partial charge in [-0.05, 0) is 39.2 Å². The van der Waals surface area contributed by atoms with Crippen molar-refractivity contribution in [2.24, 2.45) is 0 Å². The van der Waals surface area contributed by atoms with Crippen molar-refractivity contribution in [1.29, 1.82) is 0 Å². The zero-order valence-electron chi connectivity index (χ0n) is 11.9. The van der Waals surface area contributed by atoms with E-state index in [-0.39, 0.29) is 0 Å². The normalized spacial score (nSPS) is 16.6. The lowest BCUT2D eigenvalue weighted by molar-refractivity contribution is 0.152. The molecule has 0 bridgehead atoms. The van der Waals surface area contributed by atoms with E-state index >= 15 is 0 Å². The number of hydrogen-bond donors (Lipinski definition) is 4. The van der Waals surface area contributed by atoms with Crippen LogP contribution in [0.1, 0.15) is 38.7 Å². The SMILES string of the molecule is CC(C)(CCNc1ccccc1C1(O)CC1)NC(=O)O. The fourth-order valence-electron chi connectivity index (χ4n) is 2.29. The van der Waals surface area contributed by atoms with E-state index in [9.17, 15) is 9.90 Å². The minimum Gasteiger partial charge on any atom is -0.465 e. The van der Waals surface area contributed by atoms with Crippen LogP contribution in [0.3, 0.4) is 0 Å². The first kappa shape index (κ1) is 14.7. The van der Waals surface area contributed by atoms with Gasteiger partial charge in [0.05, 0.1) is 5.60 Å². The molecule has 0 radical (unpaired) electrons. The molecule has 1 amide bonds. The van der Waals surface area contributed by atoms with Crippen molar-refractivity contribution in [2.45, 2.75) is 44.2 Å². The van der Waals surface area contributed by atoms with Crippen molar-refractivity contribution in [3.05, 3.63) is 29.8 Å². The molecule has 0 heterocycles. The number of aliphatic hydroxyl groups is 1. The van der Waals surface area contributed by atoms with Crippen LogP contribution in [-0.2, 0) is 5.60 Å². The molecule has 1 aromatic carbocycles. The van der Waals surface area contributed by atoms with E-state index in [4.69, 9.17) is 5.11 Å². The maximum Gasteiger partial charge on any atom is 0.405 e. The summed E-state index contributed by atoms with van der Waals surface area (Å²) < 4.78 is 0. The van der Waals surface area contributed by atoms with Gasteiger partial charge in [0.15, 0.2) is 0 Å². The Morgan fingerprint density at radius 1 is 1.35 bits per heavy atom. The summed E-state index contributed by atoms with van der Waals surface area (Å²) in [5.74, 6) is 0. The number of para-hydroxylation sites is 1. The molecule has 1 aliphatic carbocycles. The van der Waals surface area contributed by atoms with Gasteiger partial charge in [-0.25, -0.2) is 4.79 Å². The van der Waals surface area contributed by atoms with Crippen LogP contribution in [0.15, 0.2) is 24.3 Å². The van der Waals surface area contributed by atoms with Crippen molar-refractivity contribution in [3.8, 4) is 0 Å². The van der Waals surface area contributed by atoms with Crippen LogP contribution in [0.4, 0.5) is 10.5 Å². The van der Waals surface area contributed by atoms with E-state index in [0.29, 0.717) is 13.0 Å². The number of carboxylic acid groups (broad SMARTS) is 1. The highest BCUT2D eigenvalue weighted by Crippen LogP contribution is 2.47. The molecule has 0 atom stereocenters. The predicted octanol–water partition coefficient (Wildman–Crippen LogP) is 2.52. The molecule has 0 saturated heterocycles. The van der Waals surface area contributed by atoms with E-state index < -0.39 is 17.2 Å². The van der Waals surface area contributed by atoms with Gasteiger partial charge in [0.25, 0.3) is 0 Å². The number of carbonyl (C=O) groups is 1. The van der Waals surface area contributed by atoms with Crippen molar-refractivity contribution in [3.63, 3.8) is 0 Å². The molecule has 1 aromatic rings. The lowest BCUT2D eigenvalue weighted by atomic mass is 10.0. The van der Waals surface area contributed by atoms with Gasteiger partial charge >= 0.3 is 6.09 Å². The molecule has 0 aromatic heterocycles. The first-order valence-corrected chi connectivity index (χ1v) is 6.89. The molecule has 0 aliphatic heterocycles. The van der Waals surface area contributed by atoms with E-state index in [1.165, 1.54) is 0 Å². The fraction of sp³-hybridized carbons (Fsp3) is 0.533. The quantitative estimate of drug-likeness (QED) is 0.644. The van der Waals surface area contributed by atoms with Crippen LogP contribution in [0, 0.1) is 0 Å². The van der Waals surface area contributed by atoms with Crippen LogP contribution in [0.25, 0.3) is 0 Å². The summed E-state index contributed by atoms with van der Waals surface area (Å²) >= 11 is 0. The Bertz CT molecular complexity index is 496. The van der Waals surface area contributed by atoms with Crippen LogP contribution >= 0.6 is 0 Å². The van der Waals surface area contributed by atoms with Crippen LogP contribution in [0.2, 0.25) is 0 Å². The van der Waals surface area contributed by atoms with Crippen LogP contribution in [0.5, 0.6) is 0 Å². The Labute approximate surface area is 119 Å². The summed E-state index contributed by atoms with van der Waals surface area (Å²) in [6.45, 7) is 4.34. The average Bonchev–Trinajstić information content (AvgIpc) is 3.07. The molecule has 1 saturated carbocycles. The standard InChI is InChI=1S/C15H22N2O3/c1-14(2,17-13(18)19)9-10-16-12-6-4-3-5-11(12)15(20)7-8-15/h3-6,16-17,20H,7-10H2,1-2H3,(H,18,19). The van der Waals surface area contributed by atoms with Gasteiger partial charge in [0.1, 0.15) is 0 Å². The molecule has 4 N–H and O–H groups in total. The molecular weight excluding hydrogens is 256 g/mol. The Morgan fingerprint density at radius 2 is 2.00 bits per heavy atom. The molecule has 1 aliphatic rings. The van der Waals surface area contributed by atoms with Gasteiger partial charge in [0.2, 0.25) is 0 Å². The van der Waals surface area contributed by atoms with Crippen molar-refractivity contribution >= 4 is 11.8 Å². The number of rotatable bonds is 6. The summed E-state index contributed by atoms with van der Waals surface area (Å²) in [5.41, 5.74) is 0.713. The predicted molar refractivity (Wildman–Crippen MR) is 77.9 cm³/mol. The molecule has 5 nitrogen and oxygen atoms in total. The second kappa shape index (κ2) is 5.32. The lowest BCUT2D eigenvalue weighted by Crippen LogP contribution is -2.43. The summed E-state index contributed by atoms with van der Waals surface area (Å²) in [4.78, 5) is 10.7. The van der Waals surface area contributed by atoms with E-state index in [0.717, 1.165) is 24.1 Å². The minimum atomic E-state index is -1.01. The third-order valence-electron chi connectivity index (χ3n) is 3.66.